The fourth-order valence-corrected chi connectivity index (χ4v) is 11.6. The number of nitrogens with one attached hydrogen (secondary N) is 2. The van der Waals surface area contributed by atoms with Gasteiger partial charge in [-0.15, -0.1) is 0 Å². The van der Waals surface area contributed by atoms with Gasteiger partial charge in [-0.2, -0.15) is 0 Å². The molecule has 39 heteroatoms. The van der Waals surface area contributed by atoms with Crippen molar-refractivity contribution in [3.63, 3.8) is 0 Å². The maximum atomic E-state index is 13.3. The predicted octanol–water partition coefficient (Wildman–Crippen LogP) is -15.6. The highest BCUT2D eigenvalue weighted by atomic mass is 16.8. The van der Waals surface area contributed by atoms with Crippen LogP contribution in [0.25, 0.3) is 0 Å². The van der Waals surface area contributed by atoms with E-state index < -0.39 is 279 Å². The fourth-order valence-electron chi connectivity index (χ4n) is 11.6. The van der Waals surface area contributed by atoms with Crippen molar-refractivity contribution in [2.45, 2.75) is 235 Å². The van der Waals surface area contributed by atoms with Crippen LogP contribution in [0.4, 0.5) is 0 Å². The van der Waals surface area contributed by atoms with Crippen LogP contribution in [0.1, 0.15) is 19.8 Å². The van der Waals surface area contributed by atoms with Crippen LogP contribution in [0.5, 0.6) is 0 Å². The third kappa shape index (κ3) is 15.6. The molecular formula is C50H84N2O37. The van der Waals surface area contributed by atoms with Gasteiger partial charge in [-0.05, 0) is 6.42 Å². The van der Waals surface area contributed by atoms with Crippen molar-refractivity contribution in [2.24, 2.45) is 5.92 Å². The summed E-state index contributed by atoms with van der Waals surface area (Å²) in [6.07, 6.45) is -72.2. The number of aliphatic hydroxyl groups excluding tert-OH is 21. The predicted molar refractivity (Wildman–Crippen MR) is 273 cm³/mol. The second-order valence-corrected chi connectivity index (χ2v) is 22.7. The molecule has 14 bridgehead atoms. The van der Waals surface area contributed by atoms with Crippen molar-refractivity contribution in [3.8, 4) is 0 Å². The van der Waals surface area contributed by atoms with E-state index >= 15 is 0 Å². The zero-order valence-corrected chi connectivity index (χ0v) is 47.5. The van der Waals surface area contributed by atoms with E-state index in [0.29, 0.717) is 0 Å². The summed E-state index contributed by atoms with van der Waals surface area (Å²) >= 11 is 0. The Hall–Kier alpha value is -2.46. The minimum absolute atomic E-state index is 0.0333. The lowest BCUT2D eigenvalue weighted by molar-refractivity contribution is -0.396. The van der Waals surface area contributed by atoms with Gasteiger partial charge in [0.15, 0.2) is 44.0 Å². The van der Waals surface area contributed by atoms with Crippen LogP contribution in [0.2, 0.25) is 0 Å². The molecule has 21 fully saturated rings. The summed E-state index contributed by atoms with van der Waals surface area (Å²) in [5, 5.41) is 238. The Morgan fingerprint density at radius 1 is 0.315 bits per heavy atom. The minimum atomic E-state index is -2.29. The zero-order valence-electron chi connectivity index (χ0n) is 47.5. The van der Waals surface area contributed by atoms with Crippen LogP contribution in [-0.4, -0.2) is 393 Å². The van der Waals surface area contributed by atoms with Crippen LogP contribution in [0.15, 0.2) is 0 Å². The summed E-state index contributed by atoms with van der Waals surface area (Å²) in [5.41, 5.74) is 0. The summed E-state index contributed by atoms with van der Waals surface area (Å²) in [7, 11) is 0. The molecule has 0 aromatic carbocycles. The van der Waals surface area contributed by atoms with Crippen molar-refractivity contribution in [1.82, 2.24) is 10.6 Å². The van der Waals surface area contributed by atoms with Crippen LogP contribution in [0, 0.1) is 5.92 Å². The van der Waals surface area contributed by atoms with Crippen LogP contribution >= 0.6 is 0 Å². The molecule has 39 nitrogen and oxygen atoms in total. The van der Waals surface area contributed by atoms with Crippen LogP contribution < -0.4 is 10.6 Å². The van der Waals surface area contributed by atoms with Gasteiger partial charge in [0.25, 0.3) is 0 Å². The smallest absolute Gasteiger partial charge is 0.222 e. The van der Waals surface area contributed by atoms with Crippen molar-refractivity contribution in [3.05, 3.63) is 0 Å². The van der Waals surface area contributed by atoms with Crippen molar-refractivity contribution in [2.75, 3.05) is 59.3 Å². The molecule has 0 aromatic heterocycles. The van der Waals surface area contributed by atoms with Gasteiger partial charge in [-0.1, -0.05) is 6.92 Å². The average molecular weight is 1310 g/mol. The maximum absolute atomic E-state index is 13.3. The first-order chi connectivity index (χ1) is 42.4. The van der Waals surface area contributed by atoms with E-state index in [-0.39, 0.29) is 26.0 Å². The molecule has 89 heavy (non-hydrogen) atoms. The van der Waals surface area contributed by atoms with Gasteiger partial charge in [0.05, 0.1) is 46.2 Å². The Kier molecular flexibility index (Phi) is 25.9. The van der Waals surface area contributed by atoms with E-state index in [2.05, 4.69) is 10.6 Å². The number of hydrogen-bond acceptors (Lipinski definition) is 37. The zero-order chi connectivity index (χ0) is 65.0. The van der Waals surface area contributed by atoms with Crippen LogP contribution in [-0.2, 0) is 75.9 Å². The third-order valence-electron chi connectivity index (χ3n) is 16.8. The molecule has 36 atom stereocenters. The lowest BCUT2D eigenvalue weighted by Gasteiger charge is -2.50. The lowest BCUT2D eigenvalue weighted by Crippen LogP contribution is -2.68. The summed E-state index contributed by atoms with van der Waals surface area (Å²) in [5.74, 6) is -1.96. The first-order valence-corrected chi connectivity index (χ1v) is 28.9. The Balaban J connectivity index is 1.09. The molecule has 21 aliphatic heterocycles. The maximum Gasteiger partial charge on any atom is 0.222 e. The van der Waals surface area contributed by atoms with Gasteiger partial charge in [0.2, 0.25) is 11.8 Å². The number of ether oxygens (including phenoxy) is 14. The molecule has 1 unspecified atom stereocenters. The molecule has 21 heterocycles. The molecule has 21 aliphatic rings. The number of aliphatic hydroxyl groups is 21. The number of rotatable bonds is 14. The van der Waals surface area contributed by atoms with Crippen molar-refractivity contribution < 1.29 is 183 Å². The van der Waals surface area contributed by atoms with E-state index in [0.717, 1.165) is 0 Å². The highest BCUT2D eigenvalue weighted by Gasteiger charge is 2.59. The van der Waals surface area contributed by atoms with Gasteiger partial charge in [0.1, 0.15) is 171 Å². The Morgan fingerprint density at radius 2 is 0.528 bits per heavy atom. The van der Waals surface area contributed by atoms with Gasteiger partial charge >= 0.3 is 0 Å². The Morgan fingerprint density at radius 3 is 0.742 bits per heavy atom. The summed E-state index contributed by atoms with van der Waals surface area (Å²) in [4.78, 5) is 25.7. The molecule has 0 aromatic rings. The Bertz CT molecular complexity index is 2190. The van der Waals surface area contributed by atoms with E-state index in [1.54, 1.807) is 0 Å². The van der Waals surface area contributed by atoms with E-state index in [1.165, 1.54) is 6.92 Å². The molecule has 23 N–H and O–H groups in total. The normalized spacial score (nSPS) is 49.7. The fraction of sp³-hybridized carbons (Fsp3) is 0.960. The van der Waals surface area contributed by atoms with E-state index in [9.17, 15) is 112 Å². The summed E-state index contributed by atoms with van der Waals surface area (Å²) in [6.45, 7) is -6.06. The molecule has 516 valence electrons. The molecule has 21 saturated heterocycles. The SMILES string of the molecule is CC(CCC(=O)NC[C@H]1O[C@@H]2O[C@H]3[C@H](O)[C@@H](O)[C@@H](O[C@H]4[C@H](O)[C@@H](O)[C@@H](O[C@H]5[C@H](O)[C@@H](O)[C@@H](O[C@H]6[C@H](O)[C@@H](O)[C@@H](O[C@H]7[C@H](O)[C@@H](O)[C@@H](O[C@H]8[C@H](O)[C@@H](O)[C@@H](O[C@H]1[C@H](O)[C@H]2O)O[C@@H]8CO)O[C@@H]7CO)O[C@@H]6CO)O[C@@H]5CO)O[C@@H]4CO)O[C@@H]3CO)C(=O)NCCO. The van der Waals surface area contributed by atoms with E-state index in [4.69, 9.17) is 71.4 Å². The number of carbonyl (C=O) groups excluding carboxylic acids is 2. The summed E-state index contributed by atoms with van der Waals surface area (Å²) in [6, 6.07) is 0. The largest absolute Gasteiger partial charge is 0.395 e. The number of carbonyl (C=O) groups is 2. The third-order valence-corrected chi connectivity index (χ3v) is 16.8. The van der Waals surface area contributed by atoms with Crippen molar-refractivity contribution in [1.29, 1.82) is 0 Å². The molecule has 2 amide bonds. The summed E-state index contributed by atoms with van der Waals surface area (Å²) < 4.78 is 80.8. The highest BCUT2D eigenvalue weighted by molar-refractivity contribution is 5.80. The first kappa shape index (κ1) is 72.4. The standard InChI is InChI=1S/C50H84N2O37/c1-13(43(75)51-4-5-53)2-3-21(60)52-6-14-36-22(61)29(68)44(76-14)84-37-15(7-54)78-46(31(70)24(37)63)86-39-17(9-56)80-48(33(72)26(39)65)88-41-19(11-58)82-50(35(74)28(41)67)89-42-20(12-59)81-49(34(73)27(42)66)87-40-18(10-57)79-47(32(71)25(40)64)85-38-16(8-55)77-45(83-36)30(69)23(38)62/h13-20,22-42,44-50,53-59,61-74H,2-12H2,1H3,(H,51,75)(H,52,60)/t13?,14-,15-,16-,17-,18-,19-,20-,22-,23-,24-,25-,26-,27-,28-,29-,30-,31-,32-,33-,34-,35-,36-,37-,38-,39-,40-,41-,42-,44-,45-,46-,47-,48-,49-,50-/m1/s1. The number of amides is 2. The highest BCUT2D eigenvalue weighted by Crippen LogP contribution is 2.39. The molecule has 0 saturated carbocycles. The molecule has 21 rings (SSSR count). The molecule has 0 aliphatic carbocycles. The van der Waals surface area contributed by atoms with Gasteiger partial charge in [-0.3, -0.25) is 9.59 Å². The second-order valence-electron chi connectivity index (χ2n) is 22.7. The number of hydrogen-bond donors (Lipinski definition) is 23. The monoisotopic (exact) mass is 1300 g/mol. The van der Waals surface area contributed by atoms with E-state index in [1.807, 2.05) is 0 Å². The van der Waals surface area contributed by atoms with Gasteiger partial charge < -0.3 is 184 Å². The van der Waals surface area contributed by atoms with Gasteiger partial charge in [0, 0.05) is 25.4 Å². The van der Waals surface area contributed by atoms with Gasteiger partial charge in [-0.25, -0.2) is 0 Å². The first-order valence-electron chi connectivity index (χ1n) is 28.9. The second kappa shape index (κ2) is 31.9. The quantitative estimate of drug-likeness (QED) is 0.0768. The Labute approximate surface area is 504 Å². The molecule has 0 spiro atoms. The topological polar surface area (TPSA) is 612 Å². The lowest BCUT2D eigenvalue weighted by atomic mass is 9.95. The molecular weight excluding hydrogens is 1220 g/mol. The molecule has 0 radical (unpaired) electrons. The van der Waals surface area contributed by atoms with Crippen molar-refractivity contribution >= 4 is 11.8 Å². The van der Waals surface area contributed by atoms with Crippen LogP contribution in [0.3, 0.4) is 0 Å². The average Bonchev–Trinajstić information content (AvgIpc) is 2.80. The minimum Gasteiger partial charge on any atom is -0.395 e.